The van der Waals surface area contributed by atoms with Crippen LogP contribution in [0.5, 0.6) is 0 Å². The maximum atomic E-state index is 13.8. The summed E-state index contributed by atoms with van der Waals surface area (Å²) in [6, 6.07) is 7.19. The monoisotopic (exact) mass is 297 g/mol. The van der Waals surface area contributed by atoms with E-state index >= 15 is 0 Å². The molecule has 1 aromatic carbocycles. The molecule has 0 radical (unpaired) electrons. The number of pyridine rings is 1. The number of hydrogen-bond donors (Lipinski definition) is 1. The van der Waals surface area contributed by atoms with Gasteiger partial charge in [0.25, 0.3) is 0 Å². The van der Waals surface area contributed by atoms with Crippen LogP contribution in [0, 0.1) is 5.82 Å². The Morgan fingerprint density at radius 2 is 2.23 bits per heavy atom. The molecule has 4 rings (SSSR count). The fourth-order valence-electron chi connectivity index (χ4n) is 3.00. The molecular weight excluding hydrogens is 281 g/mol. The molecule has 2 aromatic heterocycles. The van der Waals surface area contributed by atoms with Crippen molar-refractivity contribution in [1.82, 2.24) is 25.1 Å². The van der Waals surface area contributed by atoms with E-state index < -0.39 is 0 Å². The van der Waals surface area contributed by atoms with Crippen molar-refractivity contribution in [2.75, 3.05) is 0 Å². The molecule has 0 aliphatic carbocycles. The maximum absolute atomic E-state index is 13.8. The van der Waals surface area contributed by atoms with Crippen LogP contribution in [0.2, 0.25) is 0 Å². The molecule has 0 fully saturated rings. The lowest BCUT2D eigenvalue weighted by molar-refractivity contribution is 0.358. The van der Waals surface area contributed by atoms with Gasteiger partial charge in [-0.05, 0) is 30.2 Å². The van der Waals surface area contributed by atoms with Crippen LogP contribution in [0.25, 0.3) is 10.9 Å². The molecule has 22 heavy (non-hydrogen) atoms. The first kappa shape index (κ1) is 13.3. The van der Waals surface area contributed by atoms with E-state index in [0.29, 0.717) is 18.0 Å². The molecule has 5 nitrogen and oxygen atoms in total. The highest BCUT2D eigenvalue weighted by Gasteiger charge is 2.19. The average Bonchev–Trinajstić information content (AvgIpc) is 3.02. The van der Waals surface area contributed by atoms with Gasteiger partial charge in [0, 0.05) is 30.6 Å². The van der Waals surface area contributed by atoms with E-state index in [4.69, 9.17) is 0 Å². The van der Waals surface area contributed by atoms with E-state index in [1.165, 1.54) is 6.07 Å². The van der Waals surface area contributed by atoms with Crippen molar-refractivity contribution in [3.05, 3.63) is 54.0 Å². The highest BCUT2D eigenvalue weighted by molar-refractivity contribution is 5.82. The van der Waals surface area contributed by atoms with Crippen molar-refractivity contribution >= 4 is 10.9 Å². The highest BCUT2D eigenvalue weighted by atomic mass is 19.1. The lowest BCUT2D eigenvalue weighted by atomic mass is 10.1. The average molecular weight is 297 g/mol. The number of benzene rings is 1. The van der Waals surface area contributed by atoms with Crippen LogP contribution in [-0.2, 0) is 19.5 Å². The van der Waals surface area contributed by atoms with Gasteiger partial charge >= 0.3 is 0 Å². The minimum absolute atomic E-state index is 0.225. The van der Waals surface area contributed by atoms with E-state index in [1.807, 2.05) is 4.68 Å². The molecule has 1 atom stereocenters. The number of rotatable bonds is 3. The zero-order valence-electron chi connectivity index (χ0n) is 12.0. The van der Waals surface area contributed by atoms with Gasteiger partial charge in [-0.1, -0.05) is 6.07 Å². The van der Waals surface area contributed by atoms with Gasteiger partial charge < -0.3 is 5.32 Å². The summed E-state index contributed by atoms with van der Waals surface area (Å²) >= 11 is 0. The van der Waals surface area contributed by atoms with Crippen molar-refractivity contribution in [3.8, 4) is 0 Å². The van der Waals surface area contributed by atoms with Crippen LogP contribution in [0.15, 0.2) is 36.8 Å². The predicted molar refractivity (Wildman–Crippen MR) is 80.7 cm³/mol. The number of halogens is 1. The third-order valence-electron chi connectivity index (χ3n) is 4.19. The van der Waals surface area contributed by atoms with Crippen LogP contribution in [0.1, 0.15) is 17.8 Å². The quantitative estimate of drug-likeness (QED) is 0.804. The smallest absolute Gasteiger partial charge is 0.138 e. The highest BCUT2D eigenvalue weighted by Crippen LogP contribution is 2.20. The SMILES string of the molecule is Fc1ccc(CN[C@H]2CCc3ncnn3C2)c2ncccc12. The van der Waals surface area contributed by atoms with Crippen LogP contribution in [0.3, 0.4) is 0 Å². The summed E-state index contributed by atoms with van der Waals surface area (Å²) < 4.78 is 15.8. The van der Waals surface area contributed by atoms with Gasteiger partial charge in [-0.25, -0.2) is 14.1 Å². The van der Waals surface area contributed by atoms with Gasteiger partial charge in [0.2, 0.25) is 0 Å². The molecule has 1 aliphatic heterocycles. The van der Waals surface area contributed by atoms with Crippen LogP contribution in [0.4, 0.5) is 4.39 Å². The number of aryl methyl sites for hydroxylation is 1. The first-order chi connectivity index (χ1) is 10.8. The molecule has 0 spiro atoms. The molecule has 6 heteroatoms. The molecule has 0 bridgehead atoms. The second-order valence-corrected chi connectivity index (χ2v) is 5.58. The summed E-state index contributed by atoms with van der Waals surface area (Å²) in [6.45, 7) is 1.49. The van der Waals surface area contributed by atoms with Crippen molar-refractivity contribution in [3.63, 3.8) is 0 Å². The Hall–Kier alpha value is -2.34. The second kappa shape index (κ2) is 5.46. The minimum atomic E-state index is -0.225. The summed E-state index contributed by atoms with van der Waals surface area (Å²) in [5.74, 6) is 0.823. The van der Waals surface area contributed by atoms with E-state index in [-0.39, 0.29) is 5.82 Å². The van der Waals surface area contributed by atoms with Gasteiger partial charge in [0.05, 0.1) is 12.1 Å². The van der Waals surface area contributed by atoms with Crippen molar-refractivity contribution < 1.29 is 4.39 Å². The Morgan fingerprint density at radius 3 is 3.18 bits per heavy atom. The lowest BCUT2D eigenvalue weighted by Gasteiger charge is -2.23. The van der Waals surface area contributed by atoms with Crippen molar-refractivity contribution in [2.45, 2.75) is 32.0 Å². The number of fused-ring (bicyclic) bond motifs is 2. The second-order valence-electron chi connectivity index (χ2n) is 5.58. The fraction of sp³-hybridized carbons (Fsp3) is 0.312. The largest absolute Gasteiger partial charge is 0.308 e. The molecule has 0 saturated heterocycles. The molecule has 112 valence electrons. The first-order valence-corrected chi connectivity index (χ1v) is 7.43. The van der Waals surface area contributed by atoms with Crippen LogP contribution >= 0.6 is 0 Å². The zero-order valence-corrected chi connectivity index (χ0v) is 12.0. The topological polar surface area (TPSA) is 55.6 Å². The molecule has 0 amide bonds. The first-order valence-electron chi connectivity index (χ1n) is 7.43. The van der Waals surface area contributed by atoms with E-state index in [2.05, 4.69) is 20.4 Å². The lowest BCUT2D eigenvalue weighted by Crippen LogP contribution is -2.37. The molecular formula is C16H16FN5. The molecule has 3 heterocycles. The third-order valence-corrected chi connectivity index (χ3v) is 4.19. The standard InChI is InChI=1S/C16H16FN5/c17-14-5-3-11(16-13(14)2-1-7-18-16)8-19-12-4-6-15-20-10-21-22(15)9-12/h1-3,5,7,10,12,19H,4,6,8-9H2/t12-/m0/s1. The number of nitrogens with one attached hydrogen (secondary N) is 1. The molecule has 0 saturated carbocycles. The van der Waals surface area contributed by atoms with E-state index in [0.717, 1.165) is 36.3 Å². The molecule has 1 N–H and O–H groups in total. The van der Waals surface area contributed by atoms with Crippen molar-refractivity contribution in [2.24, 2.45) is 0 Å². The fourth-order valence-corrected chi connectivity index (χ4v) is 3.00. The van der Waals surface area contributed by atoms with E-state index in [1.54, 1.807) is 30.7 Å². The van der Waals surface area contributed by atoms with Gasteiger partial charge in [-0.15, -0.1) is 0 Å². The van der Waals surface area contributed by atoms with Gasteiger partial charge in [-0.3, -0.25) is 4.98 Å². The van der Waals surface area contributed by atoms with Gasteiger partial charge in [0.1, 0.15) is 18.0 Å². The Kier molecular flexibility index (Phi) is 3.31. The van der Waals surface area contributed by atoms with Gasteiger partial charge in [0.15, 0.2) is 0 Å². The van der Waals surface area contributed by atoms with Crippen LogP contribution in [-0.4, -0.2) is 25.8 Å². The summed E-state index contributed by atoms with van der Waals surface area (Å²) in [5, 5.41) is 8.33. The normalized spacial score (nSPS) is 17.6. The summed E-state index contributed by atoms with van der Waals surface area (Å²) in [4.78, 5) is 8.56. The molecule has 3 aromatic rings. The summed E-state index contributed by atoms with van der Waals surface area (Å²) in [7, 11) is 0. The van der Waals surface area contributed by atoms with Gasteiger partial charge in [-0.2, -0.15) is 5.10 Å². The zero-order chi connectivity index (χ0) is 14.9. The Labute approximate surface area is 127 Å². The molecule has 1 aliphatic rings. The van der Waals surface area contributed by atoms with Crippen molar-refractivity contribution in [1.29, 1.82) is 0 Å². The maximum Gasteiger partial charge on any atom is 0.138 e. The number of nitrogens with zero attached hydrogens (tertiary/aromatic N) is 4. The number of aromatic nitrogens is 4. The summed E-state index contributed by atoms with van der Waals surface area (Å²) in [6.07, 6.45) is 5.27. The Bertz CT molecular complexity index is 813. The third kappa shape index (κ3) is 2.35. The minimum Gasteiger partial charge on any atom is -0.308 e. The van der Waals surface area contributed by atoms with Crippen LogP contribution < -0.4 is 5.32 Å². The Morgan fingerprint density at radius 1 is 1.27 bits per heavy atom. The van der Waals surface area contributed by atoms with E-state index in [9.17, 15) is 4.39 Å². The predicted octanol–water partition coefficient (Wildman–Crippen LogP) is 2.07. The Balaban J connectivity index is 1.52. The summed E-state index contributed by atoms with van der Waals surface area (Å²) in [5.41, 5.74) is 1.74. The molecule has 0 unspecified atom stereocenters. The number of hydrogen-bond acceptors (Lipinski definition) is 4.